The van der Waals surface area contributed by atoms with Crippen LogP contribution in [0.2, 0.25) is 5.02 Å². The van der Waals surface area contributed by atoms with E-state index in [1.165, 1.54) is 37.3 Å². The molecule has 3 aromatic carbocycles. The molecule has 0 radical (unpaired) electrons. The van der Waals surface area contributed by atoms with E-state index in [9.17, 15) is 39.2 Å². The predicted molar refractivity (Wildman–Crippen MR) is 173 cm³/mol. The van der Waals surface area contributed by atoms with E-state index >= 15 is 0 Å². The molecule has 16 heteroatoms. The van der Waals surface area contributed by atoms with Crippen molar-refractivity contribution in [3.05, 3.63) is 98.1 Å². The van der Waals surface area contributed by atoms with Crippen molar-refractivity contribution in [2.24, 2.45) is 5.73 Å². The van der Waals surface area contributed by atoms with Gasteiger partial charge in [0.1, 0.15) is 23.4 Å². The van der Waals surface area contributed by atoms with Crippen LogP contribution >= 0.6 is 11.6 Å². The van der Waals surface area contributed by atoms with Gasteiger partial charge in [-0.25, -0.2) is 4.79 Å². The largest absolute Gasteiger partial charge is 0.502 e. The van der Waals surface area contributed by atoms with Crippen molar-refractivity contribution < 1.29 is 43.8 Å². The molecule has 0 aromatic heterocycles. The minimum Gasteiger partial charge on any atom is -0.502 e. The number of amides is 4. The second-order valence-corrected chi connectivity index (χ2v) is 11.1. The Morgan fingerprint density at radius 1 is 0.979 bits per heavy atom. The summed E-state index contributed by atoms with van der Waals surface area (Å²) in [5.41, 5.74) is 5.28. The van der Waals surface area contributed by atoms with Crippen LogP contribution in [0.1, 0.15) is 51.1 Å². The summed E-state index contributed by atoms with van der Waals surface area (Å²) in [5.74, 6) is -4.78. The summed E-state index contributed by atoms with van der Waals surface area (Å²) in [4.78, 5) is 73.0. The zero-order chi connectivity index (χ0) is 35.4. The monoisotopic (exact) mass is 683 g/mol. The Morgan fingerprint density at radius 2 is 1.69 bits per heavy atom. The molecule has 3 aromatic rings. The number of halogens is 1. The molecule has 2 atom stereocenters. The molecule has 0 saturated carbocycles. The highest BCUT2D eigenvalue weighted by Crippen LogP contribution is 2.33. The lowest BCUT2D eigenvalue weighted by Gasteiger charge is -2.22. The summed E-state index contributed by atoms with van der Waals surface area (Å²) in [6.45, 7) is 1.00. The van der Waals surface area contributed by atoms with Gasteiger partial charge in [-0.1, -0.05) is 35.9 Å². The standard InChI is InChI=1S/C32H34ClN5O10/c1-18-8-13-23(27(28(18)41)38(46)47)31(44)36-24(32(45)37-25(29(34)42)15-19-9-11-21(33)12-10-19)7-2-3-14-35-30(43)20-5-4-6-22(16-20)48-17-26(39)40/h4-6,8-13,16,24-25,41H,2-3,7,14-15,17H2,1H3,(H2,34,42)(H,35,43)(H,36,44)(H,37,45)(H,39,40)/t24-,25-/m0/s1. The van der Waals surface area contributed by atoms with E-state index in [4.69, 9.17) is 27.2 Å². The van der Waals surface area contributed by atoms with Crippen LogP contribution in [0.15, 0.2) is 60.7 Å². The molecule has 3 rings (SSSR count). The van der Waals surface area contributed by atoms with Crippen molar-refractivity contribution >= 4 is 46.9 Å². The minimum absolute atomic E-state index is 0.00990. The molecule has 15 nitrogen and oxygen atoms in total. The maximum Gasteiger partial charge on any atom is 0.341 e. The fourth-order valence-electron chi connectivity index (χ4n) is 4.55. The number of unbranched alkanes of at least 4 members (excludes halogenated alkanes) is 1. The van der Waals surface area contributed by atoms with Crippen LogP contribution in [0.4, 0.5) is 5.69 Å². The Hall–Kier alpha value is -5.70. The van der Waals surface area contributed by atoms with Crippen LogP contribution in [0, 0.1) is 17.0 Å². The van der Waals surface area contributed by atoms with Gasteiger partial charge in [0.25, 0.3) is 11.8 Å². The Morgan fingerprint density at radius 3 is 2.33 bits per heavy atom. The molecule has 0 fully saturated rings. The molecule has 0 spiro atoms. The lowest BCUT2D eigenvalue weighted by Crippen LogP contribution is -2.53. The number of nitrogens with one attached hydrogen (secondary N) is 3. The molecule has 0 heterocycles. The molecule has 254 valence electrons. The summed E-state index contributed by atoms with van der Waals surface area (Å²) in [6, 6.07) is 12.4. The normalized spacial score (nSPS) is 11.9. The molecule has 48 heavy (non-hydrogen) atoms. The topological polar surface area (TPSA) is 240 Å². The second kappa shape index (κ2) is 17.3. The number of phenolic OH excluding ortho intramolecular Hbond substituents is 1. The van der Waals surface area contributed by atoms with Gasteiger partial charge in [0.15, 0.2) is 12.4 Å². The number of aliphatic carboxylic acids is 1. The third-order valence-corrected chi connectivity index (χ3v) is 7.33. The zero-order valence-electron chi connectivity index (χ0n) is 25.7. The molecule has 0 aliphatic carbocycles. The summed E-state index contributed by atoms with van der Waals surface area (Å²) in [5, 5.41) is 38.9. The molecular formula is C32H34ClN5O10. The van der Waals surface area contributed by atoms with Crippen molar-refractivity contribution in [2.45, 2.75) is 44.7 Å². The number of phenols is 1. The summed E-state index contributed by atoms with van der Waals surface area (Å²) in [7, 11) is 0. The first-order chi connectivity index (χ1) is 22.8. The number of carboxylic acids is 1. The number of carbonyl (C=O) groups is 5. The summed E-state index contributed by atoms with van der Waals surface area (Å²) < 4.78 is 5.09. The van der Waals surface area contributed by atoms with Gasteiger partial charge in [-0.3, -0.25) is 29.3 Å². The number of aryl methyl sites for hydroxylation is 1. The predicted octanol–water partition coefficient (Wildman–Crippen LogP) is 2.64. The third-order valence-electron chi connectivity index (χ3n) is 7.08. The van der Waals surface area contributed by atoms with E-state index in [0.29, 0.717) is 17.0 Å². The van der Waals surface area contributed by atoms with Crippen molar-refractivity contribution in [3.8, 4) is 11.5 Å². The number of benzene rings is 3. The Kier molecular flexibility index (Phi) is 13.2. The fraction of sp³-hybridized carbons (Fsp3) is 0.281. The smallest absolute Gasteiger partial charge is 0.341 e. The van der Waals surface area contributed by atoms with Crippen LogP contribution in [-0.4, -0.2) is 70.0 Å². The highest BCUT2D eigenvalue weighted by molar-refractivity contribution is 6.30. The maximum absolute atomic E-state index is 13.4. The summed E-state index contributed by atoms with van der Waals surface area (Å²) >= 11 is 5.93. The molecule has 0 aliphatic rings. The van der Waals surface area contributed by atoms with E-state index in [1.807, 2.05) is 0 Å². The number of aromatic hydroxyl groups is 1. The molecule has 7 N–H and O–H groups in total. The number of nitrogens with two attached hydrogens (primary N) is 1. The van der Waals surface area contributed by atoms with Crippen LogP contribution in [0.5, 0.6) is 11.5 Å². The van der Waals surface area contributed by atoms with Gasteiger partial charge < -0.3 is 36.6 Å². The van der Waals surface area contributed by atoms with Gasteiger partial charge in [0.05, 0.1) is 4.92 Å². The van der Waals surface area contributed by atoms with Crippen molar-refractivity contribution in [3.63, 3.8) is 0 Å². The molecule has 0 bridgehead atoms. The van der Waals surface area contributed by atoms with Crippen LogP contribution < -0.4 is 26.4 Å². The lowest BCUT2D eigenvalue weighted by molar-refractivity contribution is -0.386. The van der Waals surface area contributed by atoms with E-state index in [0.717, 1.165) is 6.07 Å². The highest BCUT2D eigenvalue weighted by atomic mass is 35.5. The summed E-state index contributed by atoms with van der Waals surface area (Å²) in [6.07, 6.45) is 0.602. The fourth-order valence-corrected chi connectivity index (χ4v) is 4.68. The molecule has 0 aliphatic heterocycles. The number of carbonyl (C=O) groups excluding carboxylic acids is 4. The third kappa shape index (κ3) is 10.7. The number of rotatable bonds is 17. The van der Waals surface area contributed by atoms with E-state index in [-0.39, 0.29) is 42.7 Å². The van der Waals surface area contributed by atoms with Crippen LogP contribution in [-0.2, 0) is 20.8 Å². The molecule has 0 unspecified atom stereocenters. The van der Waals surface area contributed by atoms with Crippen molar-refractivity contribution in [2.75, 3.05) is 13.2 Å². The van der Waals surface area contributed by atoms with Gasteiger partial charge in [-0.2, -0.15) is 0 Å². The number of hydrogen-bond acceptors (Lipinski definition) is 9. The quantitative estimate of drug-likeness (QED) is 0.0690. The highest BCUT2D eigenvalue weighted by Gasteiger charge is 2.30. The first-order valence-electron chi connectivity index (χ1n) is 14.6. The molecular weight excluding hydrogens is 650 g/mol. The molecule has 0 saturated heterocycles. The van der Waals surface area contributed by atoms with Crippen molar-refractivity contribution in [1.82, 2.24) is 16.0 Å². The Labute approximate surface area is 279 Å². The number of nitrogens with zero attached hydrogens (tertiary/aromatic N) is 1. The van der Waals surface area contributed by atoms with Gasteiger partial charge in [0.2, 0.25) is 11.8 Å². The van der Waals surface area contributed by atoms with E-state index in [2.05, 4.69) is 16.0 Å². The number of nitro benzene ring substituents is 1. The average molecular weight is 684 g/mol. The van der Waals surface area contributed by atoms with Gasteiger partial charge in [-0.05, 0) is 73.7 Å². The van der Waals surface area contributed by atoms with E-state index in [1.54, 1.807) is 24.3 Å². The van der Waals surface area contributed by atoms with Gasteiger partial charge >= 0.3 is 11.7 Å². The maximum atomic E-state index is 13.4. The number of primary amides is 1. The second-order valence-electron chi connectivity index (χ2n) is 10.7. The minimum atomic E-state index is -1.30. The molecule has 4 amide bonds. The number of nitro groups is 1. The SMILES string of the molecule is Cc1ccc(C(=O)N[C@@H](CCCCNC(=O)c2cccc(OCC(=O)O)c2)C(=O)N[C@@H](Cc2ccc(Cl)cc2)C(N)=O)c([N+](=O)[O-])c1O. The van der Waals surface area contributed by atoms with Crippen LogP contribution in [0.3, 0.4) is 0 Å². The lowest BCUT2D eigenvalue weighted by atomic mass is 10.0. The Bertz CT molecular complexity index is 1680. The zero-order valence-corrected chi connectivity index (χ0v) is 26.5. The number of ether oxygens (including phenoxy) is 1. The van der Waals surface area contributed by atoms with Gasteiger partial charge in [-0.15, -0.1) is 0 Å². The first-order valence-corrected chi connectivity index (χ1v) is 15.0. The Balaban J connectivity index is 1.71. The van der Waals surface area contributed by atoms with Gasteiger partial charge in [0, 0.05) is 23.6 Å². The van der Waals surface area contributed by atoms with E-state index < -0.39 is 70.2 Å². The number of hydrogen-bond donors (Lipinski definition) is 6. The van der Waals surface area contributed by atoms with Crippen molar-refractivity contribution in [1.29, 1.82) is 0 Å². The van der Waals surface area contributed by atoms with Crippen LogP contribution in [0.25, 0.3) is 0 Å². The number of carboxylic acid groups (broad SMARTS) is 1. The first kappa shape index (κ1) is 36.8. The average Bonchev–Trinajstić information content (AvgIpc) is 3.04.